The van der Waals surface area contributed by atoms with Crippen LogP contribution in [0.1, 0.15) is 59.4 Å². The molecule has 0 aliphatic heterocycles. The van der Waals surface area contributed by atoms with E-state index in [0.717, 1.165) is 49.4 Å². The average molecular weight is 348 g/mol. The topological polar surface area (TPSA) is 58.7 Å². The van der Waals surface area contributed by atoms with Gasteiger partial charge in [-0.2, -0.15) is 0 Å². The minimum atomic E-state index is -0.359. The van der Waals surface area contributed by atoms with Crippen LogP contribution in [-0.2, 0) is 0 Å². The number of nitro benzene ring substituents is 1. The van der Waals surface area contributed by atoms with E-state index in [0.29, 0.717) is 11.8 Å². The molecule has 0 fully saturated rings. The van der Waals surface area contributed by atoms with E-state index in [9.17, 15) is 10.1 Å². The highest BCUT2D eigenvalue weighted by atomic mass is 16.6. The zero-order valence-electron chi connectivity index (χ0n) is 16.6. The van der Waals surface area contributed by atoms with Crippen LogP contribution in [0.5, 0.6) is 0 Å². The molecule has 0 radical (unpaired) electrons. The maximum Gasteiger partial charge on any atom is 0.269 e. The van der Waals surface area contributed by atoms with Crippen molar-refractivity contribution < 1.29 is 4.92 Å². The third kappa shape index (κ3) is 7.24. The maximum absolute atomic E-state index is 10.9. The Hall–Kier alpha value is -1.91. The number of rotatable bonds is 9. The molecule has 1 rings (SSSR count). The number of aryl methyl sites for hydroxylation is 1. The Morgan fingerprint density at radius 1 is 1.20 bits per heavy atom. The molecule has 0 saturated heterocycles. The van der Waals surface area contributed by atoms with Crippen LogP contribution in [-0.4, -0.2) is 28.7 Å². The van der Waals surface area contributed by atoms with Crippen LogP contribution >= 0.6 is 0 Å². The van der Waals surface area contributed by atoms with Gasteiger partial charge < -0.3 is 4.90 Å². The molecule has 1 aromatic carbocycles. The molecule has 0 N–H and O–H groups in total. The molecule has 0 spiro atoms. The number of non-ortho nitro benzene ring substituents is 1. The first-order valence-electron chi connectivity index (χ1n) is 9.32. The van der Waals surface area contributed by atoms with E-state index in [-0.39, 0.29) is 10.6 Å². The van der Waals surface area contributed by atoms with Gasteiger partial charge >= 0.3 is 0 Å². The summed E-state index contributed by atoms with van der Waals surface area (Å²) in [4.78, 5) is 17.9. The Balaban J connectivity index is 3.21. The van der Waals surface area contributed by atoms with Crippen LogP contribution in [0.15, 0.2) is 23.2 Å². The lowest BCUT2D eigenvalue weighted by molar-refractivity contribution is -0.384. The first kappa shape index (κ1) is 21.1. The van der Waals surface area contributed by atoms with Crippen molar-refractivity contribution in [3.05, 3.63) is 33.9 Å². The van der Waals surface area contributed by atoms with Crippen LogP contribution in [0, 0.1) is 28.9 Å². The minimum absolute atomic E-state index is 0.118. The first-order chi connectivity index (χ1) is 11.7. The Bertz CT molecular complexity index is 585. The van der Waals surface area contributed by atoms with E-state index in [1.165, 1.54) is 0 Å². The van der Waals surface area contributed by atoms with Gasteiger partial charge in [0.15, 0.2) is 0 Å². The zero-order chi connectivity index (χ0) is 19.0. The Labute approximate surface area is 152 Å². The predicted molar refractivity (Wildman–Crippen MR) is 106 cm³/mol. The van der Waals surface area contributed by atoms with E-state index < -0.39 is 0 Å². The van der Waals surface area contributed by atoms with E-state index in [4.69, 9.17) is 4.99 Å². The van der Waals surface area contributed by atoms with E-state index in [1.54, 1.807) is 18.2 Å². The largest absolute Gasteiger partial charge is 0.360 e. The molecule has 0 heterocycles. The molecule has 0 aromatic heterocycles. The molecule has 0 aliphatic rings. The zero-order valence-corrected chi connectivity index (χ0v) is 16.6. The van der Waals surface area contributed by atoms with Gasteiger partial charge in [0.05, 0.1) is 10.6 Å². The number of nitrogens with zero attached hydrogens (tertiary/aromatic N) is 3. The minimum Gasteiger partial charge on any atom is -0.360 e. The van der Waals surface area contributed by atoms with Crippen LogP contribution in [0.3, 0.4) is 0 Å². The highest BCUT2D eigenvalue weighted by molar-refractivity contribution is 5.85. The molecular formula is C20H33N3O2. The normalized spacial score (nSPS) is 12.1. The maximum atomic E-state index is 10.9. The molecule has 140 valence electrons. The Morgan fingerprint density at radius 2 is 1.80 bits per heavy atom. The van der Waals surface area contributed by atoms with Gasteiger partial charge in [-0.15, -0.1) is 0 Å². The molecule has 5 heteroatoms. The second-order valence-corrected chi connectivity index (χ2v) is 7.55. The monoisotopic (exact) mass is 347 g/mol. The molecule has 25 heavy (non-hydrogen) atoms. The highest BCUT2D eigenvalue weighted by Crippen LogP contribution is 2.25. The second kappa shape index (κ2) is 10.2. The molecule has 1 aromatic rings. The molecule has 0 saturated carbocycles. The Morgan fingerprint density at radius 3 is 2.24 bits per heavy atom. The lowest BCUT2D eigenvalue weighted by Gasteiger charge is -2.30. The van der Waals surface area contributed by atoms with Crippen LogP contribution in [0.25, 0.3) is 0 Å². The molecule has 0 amide bonds. The van der Waals surface area contributed by atoms with E-state index >= 15 is 0 Å². The number of unbranched alkanes of at least 4 members (excludes halogenated alkanes) is 1. The van der Waals surface area contributed by atoms with Gasteiger partial charge in [0, 0.05) is 31.6 Å². The van der Waals surface area contributed by atoms with Gasteiger partial charge in [0.25, 0.3) is 5.69 Å². The van der Waals surface area contributed by atoms with Crippen molar-refractivity contribution in [2.45, 2.75) is 60.8 Å². The number of aliphatic imine (C=N–C) groups is 1. The van der Waals surface area contributed by atoms with E-state index in [1.807, 2.05) is 6.92 Å². The molecule has 0 aliphatic carbocycles. The van der Waals surface area contributed by atoms with Gasteiger partial charge in [-0.05, 0) is 36.8 Å². The second-order valence-electron chi connectivity index (χ2n) is 7.55. The summed E-state index contributed by atoms with van der Waals surface area (Å²) in [7, 11) is 0. The highest BCUT2D eigenvalue weighted by Gasteiger charge is 2.16. The van der Waals surface area contributed by atoms with Crippen molar-refractivity contribution in [2.75, 3.05) is 13.1 Å². The molecule has 0 unspecified atom stereocenters. The fourth-order valence-electron chi connectivity index (χ4n) is 2.80. The molecule has 5 nitrogen and oxygen atoms in total. The average Bonchev–Trinajstić information content (AvgIpc) is 2.51. The molecule has 0 bridgehead atoms. The van der Waals surface area contributed by atoms with Crippen molar-refractivity contribution in [2.24, 2.45) is 16.8 Å². The summed E-state index contributed by atoms with van der Waals surface area (Å²) in [6.07, 6.45) is 3.15. The SMILES string of the molecule is CCCCC(=Nc1ccc([N+](=O)[O-])cc1C)N(CC(C)C)CC(C)C. The van der Waals surface area contributed by atoms with Crippen molar-refractivity contribution in [3.63, 3.8) is 0 Å². The van der Waals surface area contributed by atoms with Gasteiger partial charge in [-0.1, -0.05) is 41.0 Å². The van der Waals surface area contributed by atoms with Gasteiger partial charge in [-0.25, -0.2) is 4.99 Å². The number of amidine groups is 1. The lowest BCUT2D eigenvalue weighted by atomic mass is 10.1. The van der Waals surface area contributed by atoms with Crippen molar-refractivity contribution in [1.29, 1.82) is 0 Å². The summed E-state index contributed by atoms with van der Waals surface area (Å²) >= 11 is 0. The van der Waals surface area contributed by atoms with Crippen molar-refractivity contribution in [3.8, 4) is 0 Å². The summed E-state index contributed by atoms with van der Waals surface area (Å²) in [5, 5.41) is 10.9. The summed E-state index contributed by atoms with van der Waals surface area (Å²) in [6.45, 7) is 14.9. The van der Waals surface area contributed by atoms with Crippen LogP contribution in [0.2, 0.25) is 0 Å². The molecule has 0 atom stereocenters. The van der Waals surface area contributed by atoms with Crippen molar-refractivity contribution >= 4 is 17.2 Å². The summed E-state index contributed by atoms with van der Waals surface area (Å²) < 4.78 is 0. The summed E-state index contributed by atoms with van der Waals surface area (Å²) in [5.74, 6) is 2.22. The quantitative estimate of drug-likeness (QED) is 0.248. The third-order valence-electron chi connectivity index (χ3n) is 3.93. The van der Waals surface area contributed by atoms with Gasteiger partial charge in [0.2, 0.25) is 0 Å². The smallest absolute Gasteiger partial charge is 0.269 e. The number of hydrogen-bond acceptors (Lipinski definition) is 3. The standard InChI is InChI=1S/C20H33N3O2/c1-7-8-9-20(22(13-15(2)3)14-16(4)5)21-19-11-10-18(23(24)25)12-17(19)6/h10-12,15-16H,7-9,13-14H2,1-6H3. The number of nitro groups is 1. The predicted octanol–water partition coefficient (Wildman–Crippen LogP) is 5.74. The summed E-state index contributed by atoms with van der Waals surface area (Å²) in [5.41, 5.74) is 1.79. The first-order valence-corrected chi connectivity index (χ1v) is 9.32. The Kier molecular flexibility index (Phi) is 8.59. The van der Waals surface area contributed by atoms with Crippen molar-refractivity contribution in [1.82, 2.24) is 4.90 Å². The van der Waals surface area contributed by atoms with Gasteiger partial charge in [0.1, 0.15) is 5.84 Å². The summed E-state index contributed by atoms with van der Waals surface area (Å²) in [6, 6.07) is 4.91. The lowest BCUT2D eigenvalue weighted by Crippen LogP contribution is -2.37. The number of benzene rings is 1. The number of hydrogen-bond donors (Lipinski definition) is 0. The van der Waals surface area contributed by atoms with Crippen LogP contribution in [0.4, 0.5) is 11.4 Å². The molecular weight excluding hydrogens is 314 g/mol. The fourth-order valence-corrected chi connectivity index (χ4v) is 2.80. The third-order valence-corrected chi connectivity index (χ3v) is 3.93. The van der Waals surface area contributed by atoms with E-state index in [2.05, 4.69) is 39.5 Å². The van der Waals surface area contributed by atoms with Crippen LogP contribution < -0.4 is 0 Å². The fraction of sp³-hybridized carbons (Fsp3) is 0.650. The van der Waals surface area contributed by atoms with Gasteiger partial charge in [-0.3, -0.25) is 10.1 Å².